The van der Waals surface area contributed by atoms with Gasteiger partial charge in [-0.25, -0.2) is 0 Å². The zero-order valence-corrected chi connectivity index (χ0v) is 10.4. The van der Waals surface area contributed by atoms with Crippen LogP contribution >= 0.6 is 0 Å². The normalized spacial score (nSPS) is 19.3. The summed E-state index contributed by atoms with van der Waals surface area (Å²) in [5.41, 5.74) is 7.39. The van der Waals surface area contributed by atoms with Crippen LogP contribution in [-0.4, -0.2) is 35.2 Å². The molecule has 0 spiro atoms. The fraction of sp³-hybridized carbons (Fsp3) is 0.571. The van der Waals surface area contributed by atoms with E-state index in [9.17, 15) is 5.11 Å². The van der Waals surface area contributed by atoms with Gasteiger partial charge in [-0.2, -0.15) is 0 Å². The Morgan fingerprint density at radius 1 is 1.35 bits per heavy atom. The molecule has 0 bridgehead atoms. The Balaban J connectivity index is 2.20. The highest BCUT2D eigenvalue weighted by molar-refractivity contribution is 5.21. The topological polar surface area (TPSA) is 49.5 Å². The minimum absolute atomic E-state index is 0.0737. The third-order valence-electron chi connectivity index (χ3n) is 3.37. The summed E-state index contributed by atoms with van der Waals surface area (Å²) in [6.07, 6.45) is 2.46. The van der Waals surface area contributed by atoms with E-state index >= 15 is 0 Å². The first-order valence-electron chi connectivity index (χ1n) is 6.41. The highest BCUT2D eigenvalue weighted by Gasteiger charge is 2.35. The van der Waals surface area contributed by atoms with E-state index < -0.39 is 0 Å². The molecule has 17 heavy (non-hydrogen) atoms. The van der Waals surface area contributed by atoms with E-state index in [4.69, 9.17) is 5.73 Å². The van der Waals surface area contributed by atoms with Crippen LogP contribution in [0.2, 0.25) is 0 Å². The number of nitrogens with two attached hydrogens (primary N) is 1. The number of aliphatic hydroxyl groups excluding tert-OH is 1. The Morgan fingerprint density at radius 2 is 2.00 bits per heavy atom. The summed E-state index contributed by atoms with van der Waals surface area (Å²) in [6.45, 7) is 2.96. The molecule has 0 heterocycles. The first-order chi connectivity index (χ1) is 8.24. The molecule has 3 N–H and O–H groups in total. The van der Waals surface area contributed by atoms with Gasteiger partial charge < -0.3 is 10.8 Å². The largest absolute Gasteiger partial charge is 0.395 e. The van der Waals surface area contributed by atoms with E-state index in [1.165, 1.54) is 18.4 Å². The fourth-order valence-electron chi connectivity index (χ4n) is 2.52. The van der Waals surface area contributed by atoms with E-state index in [0.29, 0.717) is 12.6 Å². The second-order valence-electron chi connectivity index (χ2n) is 4.91. The van der Waals surface area contributed by atoms with Gasteiger partial charge in [0.2, 0.25) is 0 Å². The fourth-order valence-corrected chi connectivity index (χ4v) is 2.52. The number of benzene rings is 1. The standard InChI is InChI=1S/C14H22N2O/c1-11(15)14(12-5-3-2-4-6-12)16(9-10-17)13-7-8-13/h2-6,11,13-14,17H,7-10,15H2,1H3. The van der Waals surface area contributed by atoms with Crippen molar-refractivity contribution in [2.45, 2.75) is 37.9 Å². The Kier molecular flexibility index (Phi) is 4.15. The first-order valence-corrected chi connectivity index (χ1v) is 6.41. The maximum absolute atomic E-state index is 9.21. The minimum Gasteiger partial charge on any atom is -0.395 e. The van der Waals surface area contributed by atoms with Crippen molar-refractivity contribution in [3.05, 3.63) is 35.9 Å². The summed E-state index contributed by atoms with van der Waals surface area (Å²) in [5, 5.41) is 9.21. The molecule has 1 fully saturated rings. The van der Waals surface area contributed by atoms with Gasteiger partial charge in [-0.1, -0.05) is 30.3 Å². The van der Waals surface area contributed by atoms with Gasteiger partial charge in [0.25, 0.3) is 0 Å². The monoisotopic (exact) mass is 234 g/mol. The zero-order chi connectivity index (χ0) is 12.3. The van der Waals surface area contributed by atoms with Crippen LogP contribution in [0.25, 0.3) is 0 Å². The average molecular weight is 234 g/mol. The van der Waals surface area contributed by atoms with Gasteiger partial charge in [-0.15, -0.1) is 0 Å². The van der Waals surface area contributed by atoms with Crippen LogP contribution < -0.4 is 5.73 Å². The van der Waals surface area contributed by atoms with E-state index in [0.717, 1.165) is 0 Å². The minimum atomic E-state index is 0.0737. The van der Waals surface area contributed by atoms with Gasteiger partial charge in [0, 0.05) is 24.7 Å². The molecule has 1 aromatic rings. The van der Waals surface area contributed by atoms with Gasteiger partial charge >= 0.3 is 0 Å². The van der Waals surface area contributed by atoms with Crippen molar-refractivity contribution in [3.63, 3.8) is 0 Å². The van der Waals surface area contributed by atoms with Crippen LogP contribution in [0.1, 0.15) is 31.4 Å². The maximum atomic E-state index is 9.21. The molecule has 0 amide bonds. The Morgan fingerprint density at radius 3 is 2.47 bits per heavy atom. The van der Waals surface area contributed by atoms with E-state index in [-0.39, 0.29) is 18.7 Å². The molecular formula is C14H22N2O. The lowest BCUT2D eigenvalue weighted by molar-refractivity contribution is 0.129. The molecule has 1 aliphatic carbocycles. The van der Waals surface area contributed by atoms with E-state index in [2.05, 4.69) is 29.2 Å². The molecule has 94 valence electrons. The molecular weight excluding hydrogens is 212 g/mol. The van der Waals surface area contributed by atoms with Crippen molar-refractivity contribution in [1.82, 2.24) is 4.90 Å². The van der Waals surface area contributed by atoms with Gasteiger partial charge in [-0.3, -0.25) is 4.90 Å². The summed E-state index contributed by atoms with van der Waals surface area (Å²) in [5.74, 6) is 0. The van der Waals surface area contributed by atoms with Crippen molar-refractivity contribution in [3.8, 4) is 0 Å². The molecule has 1 aromatic carbocycles. The molecule has 1 saturated carbocycles. The second kappa shape index (κ2) is 5.63. The number of aliphatic hydroxyl groups is 1. The predicted octanol–water partition coefficient (Wildman–Crippen LogP) is 1.53. The van der Waals surface area contributed by atoms with E-state index in [1.807, 2.05) is 13.0 Å². The molecule has 2 atom stereocenters. The summed E-state index contributed by atoms with van der Waals surface area (Å²) in [4.78, 5) is 2.36. The summed E-state index contributed by atoms with van der Waals surface area (Å²) in [6, 6.07) is 11.3. The Hall–Kier alpha value is -0.900. The molecule has 0 aromatic heterocycles. The summed E-state index contributed by atoms with van der Waals surface area (Å²) in [7, 11) is 0. The van der Waals surface area contributed by atoms with Crippen molar-refractivity contribution in [2.75, 3.05) is 13.2 Å². The van der Waals surface area contributed by atoms with Crippen LogP contribution in [0.4, 0.5) is 0 Å². The van der Waals surface area contributed by atoms with E-state index in [1.54, 1.807) is 0 Å². The van der Waals surface area contributed by atoms with Crippen LogP contribution in [0.3, 0.4) is 0 Å². The number of hydrogen-bond donors (Lipinski definition) is 2. The molecule has 0 radical (unpaired) electrons. The lowest BCUT2D eigenvalue weighted by Gasteiger charge is -2.34. The molecule has 3 nitrogen and oxygen atoms in total. The lowest BCUT2D eigenvalue weighted by Crippen LogP contribution is -2.42. The van der Waals surface area contributed by atoms with Crippen LogP contribution in [-0.2, 0) is 0 Å². The molecule has 2 rings (SSSR count). The number of nitrogens with zero attached hydrogens (tertiary/aromatic N) is 1. The van der Waals surface area contributed by atoms with Crippen LogP contribution in [0, 0.1) is 0 Å². The molecule has 0 saturated heterocycles. The highest BCUT2D eigenvalue weighted by Crippen LogP contribution is 2.35. The number of hydrogen-bond acceptors (Lipinski definition) is 3. The summed E-state index contributed by atoms with van der Waals surface area (Å²) >= 11 is 0. The lowest BCUT2D eigenvalue weighted by atomic mass is 9.99. The van der Waals surface area contributed by atoms with Crippen molar-refractivity contribution >= 4 is 0 Å². The van der Waals surface area contributed by atoms with Gasteiger partial charge in [-0.05, 0) is 25.3 Å². The van der Waals surface area contributed by atoms with Crippen LogP contribution in [0.5, 0.6) is 0 Å². The average Bonchev–Trinajstić information content (AvgIpc) is 3.13. The third kappa shape index (κ3) is 3.06. The molecule has 1 aliphatic rings. The van der Waals surface area contributed by atoms with Crippen LogP contribution in [0.15, 0.2) is 30.3 Å². The summed E-state index contributed by atoms with van der Waals surface area (Å²) < 4.78 is 0. The van der Waals surface area contributed by atoms with Crippen molar-refractivity contribution < 1.29 is 5.11 Å². The number of rotatable bonds is 6. The highest BCUT2D eigenvalue weighted by atomic mass is 16.3. The maximum Gasteiger partial charge on any atom is 0.0558 e. The predicted molar refractivity (Wildman–Crippen MR) is 69.6 cm³/mol. The zero-order valence-electron chi connectivity index (χ0n) is 10.4. The van der Waals surface area contributed by atoms with Gasteiger partial charge in [0.15, 0.2) is 0 Å². The smallest absolute Gasteiger partial charge is 0.0558 e. The second-order valence-corrected chi connectivity index (χ2v) is 4.91. The Bertz CT molecular complexity index is 335. The molecule has 2 unspecified atom stereocenters. The first kappa shape index (κ1) is 12.6. The molecule has 0 aliphatic heterocycles. The quantitative estimate of drug-likeness (QED) is 0.785. The molecule has 3 heteroatoms. The third-order valence-corrected chi connectivity index (χ3v) is 3.37. The van der Waals surface area contributed by atoms with Crippen molar-refractivity contribution in [1.29, 1.82) is 0 Å². The Labute approximate surface area is 103 Å². The van der Waals surface area contributed by atoms with Gasteiger partial charge in [0.1, 0.15) is 0 Å². The van der Waals surface area contributed by atoms with Gasteiger partial charge in [0.05, 0.1) is 6.61 Å². The van der Waals surface area contributed by atoms with Crippen molar-refractivity contribution in [2.24, 2.45) is 5.73 Å². The SMILES string of the molecule is CC(N)C(c1ccccc1)N(CCO)C1CC1.